The standard InChI is InChI=1S/C20H45N3O4/c1-7-21(8-2)14-13-17(25)20(19(27)16-24,23(11-5)12-6)18(26)15-22(9-3)10-4/h17-19,24-27H,7-16H2,1-6H3. The molecule has 4 unspecified atom stereocenters. The van der Waals surface area contributed by atoms with Gasteiger partial charge in [-0.3, -0.25) is 4.90 Å². The predicted octanol–water partition coefficient (Wildman–Crippen LogP) is 0.216. The molecule has 0 aliphatic heterocycles. The van der Waals surface area contributed by atoms with Crippen molar-refractivity contribution >= 4 is 0 Å². The van der Waals surface area contributed by atoms with Crippen molar-refractivity contribution in [1.82, 2.24) is 14.7 Å². The molecule has 4 N–H and O–H groups in total. The first-order chi connectivity index (χ1) is 12.8. The Balaban J connectivity index is 5.90. The summed E-state index contributed by atoms with van der Waals surface area (Å²) in [7, 11) is 0. The molecule has 164 valence electrons. The molecule has 27 heavy (non-hydrogen) atoms. The molecule has 0 heterocycles. The molecule has 0 aromatic rings. The minimum Gasteiger partial charge on any atom is -0.394 e. The summed E-state index contributed by atoms with van der Waals surface area (Å²) < 4.78 is 0. The van der Waals surface area contributed by atoms with Crippen LogP contribution in [-0.2, 0) is 0 Å². The maximum Gasteiger partial charge on any atom is 0.103 e. The lowest BCUT2D eigenvalue weighted by atomic mass is 9.77. The van der Waals surface area contributed by atoms with Gasteiger partial charge in [0.1, 0.15) is 11.6 Å². The Morgan fingerprint density at radius 2 is 1.15 bits per heavy atom. The molecule has 0 aromatic heterocycles. The van der Waals surface area contributed by atoms with E-state index in [9.17, 15) is 20.4 Å². The molecule has 0 bridgehead atoms. The normalized spacial score (nSPS) is 18.1. The van der Waals surface area contributed by atoms with Crippen LogP contribution in [0.2, 0.25) is 0 Å². The van der Waals surface area contributed by atoms with Gasteiger partial charge in [0.2, 0.25) is 0 Å². The van der Waals surface area contributed by atoms with Crippen molar-refractivity contribution in [3.05, 3.63) is 0 Å². The largest absolute Gasteiger partial charge is 0.394 e. The lowest BCUT2D eigenvalue weighted by Gasteiger charge is -2.52. The van der Waals surface area contributed by atoms with E-state index in [2.05, 4.69) is 23.6 Å². The highest BCUT2D eigenvalue weighted by Gasteiger charge is 2.53. The minimum absolute atomic E-state index is 0.336. The van der Waals surface area contributed by atoms with Gasteiger partial charge in [-0.15, -0.1) is 0 Å². The molecule has 0 amide bonds. The zero-order valence-corrected chi connectivity index (χ0v) is 18.4. The van der Waals surface area contributed by atoms with Gasteiger partial charge in [0.05, 0.1) is 18.8 Å². The molecule has 0 radical (unpaired) electrons. The third kappa shape index (κ3) is 6.63. The summed E-state index contributed by atoms with van der Waals surface area (Å²) in [5.74, 6) is 0. The van der Waals surface area contributed by atoms with Crippen molar-refractivity contribution in [1.29, 1.82) is 0 Å². The van der Waals surface area contributed by atoms with E-state index < -0.39 is 30.5 Å². The second kappa shape index (κ2) is 13.8. The third-order valence-corrected chi connectivity index (χ3v) is 6.02. The maximum absolute atomic E-state index is 11.2. The highest BCUT2D eigenvalue weighted by Crippen LogP contribution is 2.31. The summed E-state index contributed by atoms with van der Waals surface area (Å²) in [6, 6.07) is 0. The van der Waals surface area contributed by atoms with Gasteiger partial charge in [-0.1, -0.05) is 41.5 Å². The topological polar surface area (TPSA) is 90.6 Å². The van der Waals surface area contributed by atoms with Crippen LogP contribution in [0.5, 0.6) is 0 Å². The summed E-state index contributed by atoms with van der Waals surface area (Å²) in [5, 5.41) is 43.1. The molecule has 0 spiro atoms. The summed E-state index contributed by atoms with van der Waals surface area (Å²) in [6.07, 6.45) is -2.78. The van der Waals surface area contributed by atoms with E-state index in [0.717, 1.165) is 26.2 Å². The molecule has 7 heteroatoms. The van der Waals surface area contributed by atoms with Crippen LogP contribution in [0.25, 0.3) is 0 Å². The first-order valence-corrected chi connectivity index (χ1v) is 10.7. The Bertz CT molecular complexity index is 363. The molecule has 0 saturated carbocycles. The van der Waals surface area contributed by atoms with Gasteiger partial charge in [-0.25, -0.2) is 0 Å². The van der Waals surface area contributed by atoms with E-state index in [-0.39, 0.29) is 0 Å². The van der Waals surface area contributed by atoms with Crippen molar-refractivity contribution in [2.75, 3.05) is 59.0 Å². The maximum atomic E-state index is 11.2. The van der Waals surface area contributed by atoms with Crippen LogP contribution in [0, 0.1) is 0 Å². The van der Waals surface area contributed by atoms with E-state index in [4.69, 9.17) is 0 Å². The van der Waals surface area contributed by atoms with Crippen LogP contribution in [0.4, 0.5) is 0 Å². The van der Waals surface area contributed by atoms with Crippen LogP contribution in [0.3, 0.4) is 0 Å². The molecule has 4 atom stereocenters. The van der Waals surface area contributed by atoms with Gasteiger partial charge in [0.25, 0.3) is 0 Å². The fourth-order valence-corrected chi connectivity index (χ4v) is 4.16. The van der Waals surface area contributed by atoms with Gasteiger partial charge in [-0.05, 0) is 45.7 Å². The molecule has 0 fully saturated rings. The van der Waals surface area contributed by atoms with Gasteiger partial charge < -0.3 is 30.2 Å². The lowest BCUT2D eigenvalue weighted by Crippen LogP contribution is -2.72. The summed E-state index contributed by atoms with van der Waals surface area (Å²) >= 11 is 0. The SMILES string of the molecule is CCN(CC)CCC(O)C(C(O)CO)(C(O)CN(CC)CC)N(CC)CC. The average Bonchev–Trinajstić information content (AvgIpc) is 2.69. The van der Waals surface area contributed by atoms with E-state index in [1.807, 2.05) is 32.6 Å². The highest BCUT2D eigenvalue weighted by molar-refractivity contribution is 5.08. The number of rotatable bonds is 16. The van der Waals surface area contributed by atoms with Crippen LogP contribution < -0.4 is 0 Å². The monoisotopic (exact) mass is 391 g/mol. The molecular weight excluding hydrogens is 346 g/mol. The van der Waals surface area contributed by atoms with E-state index in [1.54, 1.807) is 0 Å². The second-order valence-corrected chi connectivity index (χ2v) is 7.09. The third-order valence-electron chi connectivity index (χ3n) is 6.02. The molecular formula is C20H45N3O4. The number of aliphatic hydroxyl groups is 4. The van der Waals surface area contributed by atoms with Crippen LogP contribution >= 0.6 is 0 Å². The molecule has 0 aliphatic rings. The van der Waals surface area contributed by atoms with Crippen LogP contribution in [0.1, 0.15) is 48.0 Å². The Morgan fingerprint density at radius 1 is 0.667 bits per heavy atom. The molecule has 0 rings (SSSR count). The van der Waals surface area contributed by atoms with Crippen LogP contribution in [0.15, 0.2) is 0 Å². The number of likely N-dealkylation sites (N-methyl/N-ethyl adjacent to an activating group) is 2. The number of aliphatic hydroxyl groups excluding tert-OH is 4. The fourth-order valence-electron chi connectivity index (χ4n) is 4.16. The Morgan fingerprint density at radius 3 is 1.52 bits per heavy atom. The molecule has 0 saturated heterocycles. The van der Waals surface area contributed by atoms with Gasteiger partial charge >= 0.3 is 0 Å². The number of hydrogen-bond donors (Lipinski definition) is 4. The Labute approximate surface area is 166 Å². The number of nitrogens with zero attached hydrogens (tertiary/aromatic N) is 3. The predicted molar refractivity (Wildman–Crippen MR) is 111 cm³/mol. The van der Waals surface area contributed by atoms with Gasteiger partial charge in [0.15, 0.2) is 0 Å². The van der Waals surface area contributed by atoms with Crippen LogP contribution in [-0.4, -0.2) is 118 Å². The van der Waals surface area contributed by atoms with Crippen molar-refractivity contribution in [3.8, 4) is 0 Å². The second-order valence-electron chi connectivity index (χ2n) is 7.09. The van der Waals surface area contributed by atoms with E-state index in [1.165, 1.54) is 0 Å². The summed E-state index contributed by atoms with van der Waals surface area (Å²) in [6.45, 7) is 17.0. The number of hydrogen-bond acceptors (Lipinski definition) is 7. The van der Waals surface area contributed by atoms with Crippen molar-refractivity contribution < 1.29 is 20.4 Å². The Hall–Kier alpha value is -0.280. The fraction of sp³-hybridized carbons (Fsp3) is 1.00. The summed E-state index contributed by atoms with van der Waals surface area (Å²) in [5.41, 5.74) is -1.31. The van der Waals surface area contributed by atoms with Gasteiger partial charge in [0, 0.05) is 13.1 Å². The lowest BCUT2D eigenvalue weighted by molar-refractivity contribution is -0.176. The quantitative estimate of drug-likeness (QED) is 0.299. The van der Waals surface area contributed by atoms with Gasteiger partial charge in [-0.2, -0.15) is 0 Å². The van der Waals surface area contributed by atoms with E-state index >= 15 is 0 Å². The van der Waals surface area contributed by atoms with Crippen molar-refractivity contribution in [2.24, 2.45) is 0 Å². The molecule has 7 nitrogen and oxygen atoms in total. The highest BCUT2D eigenvalue weighted by atomic mass is 16.3. The smallest absolute Gasteiger partial charge is 0.103 e. The van der Waals surface area contributed by atoms with Crippen molar-refractivity contribution in [3.63, 3.8) is 0 Å². The van der Waals surface area contributed by atoms with E-state index in [0.29, 0.717) is 32.6 Å². The molecule has 0 aromatic carbocycles. The first-order valence-electron chi connectivity index (χ1n) is 10.7. The minimum atomic E-state index is -1.31. The zero-order valence-electron chi connectivity index (χ0n) is 18.4. The molecule has 0 aliphatic carbocycles. The Kier molecular flexibility index (Phi) is 13.7. The average molecular weight is 392 g/mol. The zero-order chi connectivity index (χ0) is 21.0. The van der Waals surface area contributed by atoms with Crippen molar-refractivity contribution in [2.45, 2.75) is 71.8 Å². The summed E-state index contributed by atoms with van der Waals surface area (Å²) in [4.78, 5) is 6.19. The first kappa shape index (κ1) is 26.7.